The van der Waals surface area contributed by atoms with Crippen LogP contribution in [0.1, 0.15) is 12.5 Å². The third-order valence-corrected chi connectivity index (χ3v) is 5.24. The molecule has 0 aliphatic carbocycles. The lowest BCUT2D eigenvalue weighted by Crippen LogP contribution is -2.05. The maximum absolute atomic E-state index is 12.9. The van der Waals surface area contributed by atoms with Crippen LogP contribution in [0.4, 0.5) is 13.2 Å². The zero-order valence-corrected chi connectivity index (χ0v) is 13.9. The maximum atomic E-state index is 12.9. The van der Waals surface area contributed by atoms with E-state index in [9.17, 15) is 17.4 Å². The number of rotatable bonds is 3. The molecule has 126 valence electrons. The SMILES string of the molecule is CCS(=O)c1ccccc1-c1cc2cc(C(F)(F)F)cnc2n1C. The van der Waals surface area contributed by atoms with Gasteiger partial charge in [-0.25, -0.2) is 4.98 Å². The predicted molar refractivity (Wildman–Crippen MR) is 88.1 cm³/mol. The minimum Gasteiger partial charge on any atom is -0.328 e. The van der Waals surface area contributed by atoms with Crippen molar-refractivity contribution in [1.29, 1.82) is 0 Å². The Kier molecular flexibility index (Phi) is 4.21. The van der Waals surface area contributed by atoms with E-state index in [2.05, 4.69) is 4.98 Å². The Morgan fingerprint density at radius 2 is 1.92 bits per heavy atom. The fourth-order valence-electron chi connectivity index (χ4n) is 2.66. The van der Waals surface area contributed by atoms with Crippen LogP contribution < -0.4 is 0 Å². The van der Waals surface area contributed by atoms with E-state index in [4.69, 9.17) is 0 Å². The van der Waals surface area contributed by atoms with Crippen molar-refractivity contribution in [2.75, 3.05) is 5.75 Å². The normalized spacial score (nSPS) is 13.4. The van der Waals surface area contributed by atoms with Gasteiger partial charge in [0, 0.05) is 34.8 Å². The van der Waals surface area contributed by atoms with Crippen molar-refractivity contribution < 1.29 is 17.4 Å². The number of hydrogen-bond acceptors (Lipinski definition) is 2. The predicted octanol–water partition coefficient (Wildman–Crippen LogP) is 4.39. The molecule has 3 nitrogen and oxygen atoms in total. The highest BCUT2D eigenvalue weighted by Gasteiger charge is 2.31. The summed E-state index contributed by atoms with van der Waals surface area (Å²) in [6.07, 6.45) is -3.60. The smallest absolute Gasteiger partial charge is 0.328 e. The van der Waals surface area contributed by atoms with Crippen LogP contribution in [-0.4, -0.2) is 19.5 Å². The molecule has 0 N–H and O–H groups in total. The van der Waals surface area contributed by atoms with Gasteiger partial charge >= 0.3 is 6.18 Å². The average molecular weight is 352 g/mol. The van der Waals surface area contributed by atoms with Crippen LogP contribution >= 0.6 is 0 Å². The molecular formula is C17H15F3N2OS. The molecule has 0 saturated carbocycles. The fraction of sp³-hybridized carbons (Fsp3) is 0.235. The minimum atomic E-state index is -4.43. The van der Waals surface area contributed by atoms with E-state index in [1.54, 1.807) is 29.8 Å². The Labute approximate surface area is 139 Å². The van der Waals surface area contributed by atoms with Gasteiger partial charge < -0.3 is 4.57 Å². The second-order valence-corrected chi connectivity index (χ2v) is 7.06. The van der Waals surface area contributed by atoms with E-state index >= 15 is 0 Å². The molecule has 2 heterocycles. The molecule has 0 aliphatic rings. The lowest BCUT2D eigenvalue weighted by atomic mass is 10.1. The van der Waals surface area contributed by atoms with E-state index in [0.717, 1.165) is 17.8 Å². The topological polar surface area (TPSA) is 34.9 Å². The summed E-state index contributed by atoms with van der Waals surface area (Å²) >= 11 is 0. The Balaban J connectivity index is 2.22. The number of halogens is 3. The summed E-state index contributed by atoms with van der Waals surface area (Å²) in [5.74, 6) is 0.470. The molecule has 0 spiro atoms. The van der Waals surface area contributed by atoms with Crippen molar-refractivity contribution in [1.82, 2.24) is 9.55 Å². The van der Waals surface area contributed by atoms with E-state index in [1.165, 1.54) is 0 Å². The summed E-state index contributed by atoms with van der Waals surface area (Å²) in [4.78, 5) is 4.62. The second-order valence-electron chi connectivity index (χ2n) is 5.35. The number of nitrogens with zero attached hydrogens (tertiary/aromatic N) is 2. The van der Waals surface area contributed by atoms with Crippen LogP contribution in [-0.2, 0) is 24.0 Å². The summed E-state index contributed by atoms with van der Waals surface area (Å²) in [7, 11) is 0.575. The van der Waals surface area contributed by atoms with Gasteiger partial charge in [-0.2, -0.15) is 13.2 Å². The van der Waals surface area contributed by atoms with Crippen molar-refractivity contribution in [3.63, 3.8) is 0 Å². The zero-order chi connectivity index (χ0) is 17.5. The van der Waals surface area contributed by atoms with Gasteiger partial charge in [-0.1, -0.05) is 25.1 Å². The van der Waals surface area contributed by atoms with E-state index in [1.807, 2.05) is 19.1 Å². The van der Waals surface area contributed by atoms with Crippen LogP contribution in [0.15, 0.2) is 47.5 Å². The number of aryl methyl sites for hydroxylation is 1. The van der Waals surface area contributed by atoms with Crippen molar-refractivity contribution in [2.24, 2.45) is 7.05 Å². The number of benzene rings is 1. The first-order chi connectivity index (χ1) is 11.3. The van der Waals surface area contributed by atoms with Gasteiger partial charge in [-0.3, -0.25) is 4.21 Å². The monoisotopic (exact) mass is 352 g/mol. The van der Waals surface area contributed by atoms with E-state index in [0.29, 0.717) is 27.4 Å². The molecule has 3 rings (SSSR count). The molecule has 1 unspecified atom stereocenters. The molecule has 24 heavy (non-hydrogen) atoms. The Bertz CT molecular complexity index is 931. The van der Waals surface area contributed by atoms with Gasteiger partial charge in [-0.05, 0) is 18.2 Å². The Morgan fingerprint density at radius 1 is 1.21 bits per heavy atom. The van der Waals surface area contributed by atoms with Gasteiger partial charge in [0.05, 0.1) is 22.1 Å². The molecule has 0 saturated heterocycles. The summed E-state index contributed by atoms with van der Waals surface area (Å²) in [5, 5.41) is 0.402. The van der Waals surface area contributed by atoms with Gasteiger partial charge in [-0.15, -0.1) is 0 Å². The summed E-state index contributed by atoms with van der Waals surface area (Å²) in [6.45, 7) is 1.82. The van der Waals surface area contributed by atoms with Gasteiger partial charge in [0.1, 0.15) is 5.65 Å². The summed E-state index contributed by atoms with van der Waals surface area (Å²) < 4.78 is 52.6. The number of alkyl halides is 3. The van der Waals surface area contributed by atoms with E-state index in [-0.39, 0.29) is 0 Å². The largest absolute Gasteiger partial charge is 0.417 e. The van der Waals surface area contributed by atoms with Gasteiger partial charge in [0.2, 0.25) is 0 Å². The van der Waals surface area contributed by atoms with Crippen LogP contribution in [0.3, 0.4) is 0 Å². The first-order valence-electron chi connectivity index (χ1n) is 7.33. The van der Waals surface area contributed by atoms with Crippen LogP contribution in [0, 0.1) is 0 Å². The van der Waals surface area contributed by atoms with Crippen molar-refractivity contribution in [2.45, 2.75) is 18.0 Å². The molecule has 1 aromatic carbocycles. The number of pyridine rings is 1. The molecule has 0 fully saturated rings. The molecule has 7 heteroatoms. The molecule has 0 amide bonds. The number of hydrogen-bond donors (Lipinski definition) is 0. The average Bonchev–Trinajstić information content (AvgIpc) is 2.89. The fourth-order valence-corrected chi connectivity index (χ4v) is 3.62. The molecular weight excluding hydrogens is 337 g/mol. The first kappa shape index (κ1) is 16.7. The number of aromatic nitrogens is 2. The standard InChI is InChI=1S/C17H15F3N2OS/c1-3-24(23)15-7-5-4-6-13(15)14-9-11-8-12(17(18,19)20)10-21-16(11)22(14)2/h4-10H,3H2,1-2H3. The molecule has 0 bridgehead atoms. The van der Waals surface area contributed by atoms with Crippen LogP contribution in [0.25, 0.3) is 22.3 Å². The lowest BCUT2D eigenvalue weighted by Gasteiger charge is -2.09. The van der Waals surface area contributed by atoms with Gasteiger partial charge in [0.15, 0.2) is 0 Å². The third kappa shape index (κ3) is 2.84. The maximum Gasteiger partial charge on any atom is 0.417 e. The Morgan fingerprint density at radius 3 is 2.58 bits per heavy atom. The quantitative estimate of drug-likeness (QED) is 0.701. The molecule has 0 radical (unpaired) electrons. The van der Waals surface area contributed by atoms with Crippen molar-refractivity contribution >= 4 is 21.8 Å². The molecule has 2 aromatic heterocycles. The van der Waals surface area contributed by atoms with Crippen molar-refractivity contribution in [3.05, 3.63) is 48.2 Å². The van der Waals surface area contributed by atoms with Crippen LogP contribution in [0.2, 0.25) is 0 Å². The number of fused-ring (bicyclic) bond motifs is 1. The van der Waals surface area contributed by atoms with Crippen molar-refractivity contribution in [3.8, 4) is 11.3 Å². The highest BCUT2D eigenvalue weighted by molar-refractivity contribution is 7.85. The lowest BCUT2D eigenvalue weighted by molar-refractivity contribution is -0.137. The van der Waals surface area contributed by atoms with E-state index < -0.39 is 22.5 Å². The zero-order valence-electron chi connectivity index (χ0n) is 13.1. The van der Waals surface area contributed by atoms with Gasteiger partial charge in [0.25, 0.3) is 0 Å². The third-order valence-electron chi connectivity index (χ3n) is 3.86. The highest BCUT2D eigenvalue weighted by atomic mass is 32.2. The molecule has 1 atom stereocenters. The molecule has 3 aromatic rings. The Hall–Kier alpha value is -2.15. The first-order valence-corrected chi connectivity index (χ1v) is 8.65. The second kappa shape index (κ2) is 6.05. The summed E-state index contributed by atoms with van der Waals surface area (Å²) in [5.41, 5.74) is 1.11. The van der Waals surface area contributed by atoms with Crippen LogP contribution in [0.5, 0.6) is 0 Å². The molecule has 0 aliphatic heterocycles. The summed E-state index contributed by atoms with van der Waals surface area (Å²) in [6, 6.07) is 9.96. The minimum absolute atomic E-state index is 0.402. The highest BCUT2D eigenvalue weighted by Crippen LogP contribution is 2.34.